The molecule has 1 atom stereocenters. The number of anilines is 1. The third kappa shape index (κ3) is 3.73. The summed E-state index contributed by atoms with van der Waals surface area (Å²) in [5.41, 5.74) is 0.263. The molecule has 0 aliphatic carbocycles. The molecule has 5 heteroatoms. The molecule has 1 aromatic heterocycles. The van der Waals surface area contributed by atoms with Crippen LogP contribution < -0.4 is 4.90 Å². The Morgan fingerprint density at radius 3 is 2.83 bits per heavy atom. The third-order valence-corrected chi connectivity index (χ3v) is 5.79. The lowest BCUT2D eigenvalue weighted by molar-refractivity contribution is 0.0483. The van der Waals surface area contributed by atoms with Crippen LogP contribution in [0.2, 0.25) is 0 Å². The molecule has 0 bridgehead atoms. The van der Waals surface area contributed by atoms with Crippen LogP contribution in [0, 0.1) is 11.3 Å². The number of aromatic nitrogens is 1. The van der Waals surface area contributed by atoms with E-state index in [2.05, 4.69) is 26.9 Å². The SMILES string of the molecule is c1ccc(N2CC[C@]3(COCCN(CC4CCOCC4)C3)C2)nc1. The quantitative estimate of drug-likeness (QED) is 0.847. The summed E-state index contributed by atoms with van der Waals surface area (Å²) in [6.45, 7) is 9.23. The van der Waals surface area contributed by atoms with Crippen molar-refractivity contribution in [1.82, 2.24) is 9.88 Å². The molecular weight excluding hydrogens is 302 g/mol. The van der Waals surface area contributed by atoms with Crippen LogP contribution in [0.4, 0.5) is 5.82 Å². The summed E-state index contributed by atoms with van der Waals surface area (Å²) in [6.07, 6.45) is 5.52. The van der Waals surface area contributed by atoms with Crippen LogP contribution in [0.1, 0.15) is 19.3 Å². The standard InChI is InChI=1S/C19H29N3O2/c1-2-7-20-18(3-1)22-8-6-19(15-22)14-21(9-12-24-16-19)13-17-4-10-23-11-5-17/h1-3,7,17H,4-6,8-16H2/t19-/m1/s1. The summed E-state index contributed by atoms with van der Waals surface area (Å²) < 4.78 is 11.5. The van der Waals surface area contributed by atoms with E-state index in [1.165, 1.54) is 25.8 Å². The van der Waals surface area contributed by atoms with Crippen molar-refractivity contribution in [2.24, 2.45) is 11.3 Å². The molecular formula is C19H29N3O2. The van der Waals surface area contributed by atoms with Gasteiger partial charge in [0, 0.05) is 57.5 Å². The highest BCUT2D eigenvalue weighted by Crippen LogP contribution is 2.35. The summed E-state index contributed by atoms with van der Waals surface area (Å²) in [4.78, 5) is 9.62. The van der Waals surface area contributed by atoms with Gasteiger partial charge in [0.1, 0.15) is 5.82 Å². The largest absolute Gasteiger partial charge is 0.381 e. The number of pyridine rings is 1. The molecule has 4 heterocycles. The molecule has 1 spiro atoms. The lowest BCUT2D eigenvalue weighted by Gasteiger charge is -2.34. The second-order valence-corrected chi connectivity index (χ2v) is 7.70. The normalized spacial score (nSPS) is 29.9. The predicted molar refractivity (Wildman–Crippen MR) is 94.3 cm³/mol. The Morgan fingerprint density at radius 1 is 1.08 bits per heavy atom. The van der Waals surface area contributed by atoms with Crippen molar-refractivity contribution >= 4 is 5.82 Å². The zero-order valence-electron chi connectivity index (χ0n) is 14.5. The highest BCUT2D eigenvalue weighted by molar-refractivity contribution is 5.40. The summed E-state index contributed by atoms with van der Waals surface area (Å²) in [6, 6.07) is 6.18. The first-order valence-electron chi connectivity index (χ1n) is 9.37. The number of hydrogen-bond donors (Lipinski definition) is 0. The Morgan fingerprint density at radius 2 is 2.00 bits per heavy atom. The summed E-state index contributed by atoms with van der Waals surface area (Å²) in [5, 5.41) is 0. The molecule has 1 aromatic rings. The van der Waals surface area contributed by atoms with Gasteiger partial charge < -0.3 is 19.3 Å². The molecule has 4 rings (SSSR count). The van der Waals surface area contributed by atoms with Crippen LogP contribution in [0.5, 0.6) is 0 Å². The first kappa shape index (κ1) is 16.3. The molecule has 24 heavy (non-hydrogen) atoms. The van der Waals surface area contributed by atoms with Crippen molar-refractivity contribution in [3.05, 3.63) is 24.4 Å². The van der Waals surface area contributed by atoms with Crippen molar-refractivity contribution in [2.45, 2.75) is 19.3 Å². The van der Waals surface area contributed by atoms with Crippen molar-refractivity contribution in [3.8, 4) is 0 Å². The lowest BCUT2D eigenvalue weighted by Crippen LogP contribution is -2.43. The van der Waals surface area contributed by atoms with E-state index in [0.29, 0.717) is 0 Å². The Hall–Kier alpha value is -1.17. The van der Waals surface area contributed by atoms with Gasteiger partial charge in [0.25, 0.3) is 0 Å². The highest BCUT2D eigenvalue weighted by atomic mass is 16.5. The fourth-order valence-corrected chi connectivity index (χ4v) is 4.45. The van der Waals surface area contributed by atoms with E-state index in [0.717, 1.165) is 64.3 Å². The zero-order chi connectivity index (χ0) is 16.2. The Bertz CT molecular complexity index is 521. The smallest absolute Gasteiger partial charge is 0.128 e. The van der Waals surface area contributed by atoms with Gasteiger partial charge in [-0.2, -0.15) is 0 Å². The first-order valence-corrected chi connectivity index (χ1v) is 9.37. The maximum absolute atomic E-state index is 6.02. The molecule has 0 saturated carbocycles. The van der Waals surface area contributed by atoms with Crippen LogP contribution in [-0.4, -0.2) is 69.0 Å². The molecule has 0 radical (unpaired) electrons. The summed E-state index contributed by atoms with van der Waals surface area (Å²) >= 11 is 0. The monoisotopic (exact) mass is 331 g/mol. The van der Waals surface area contributed by atoms with Gasteiger partial charge in [0.2, 0.25) is 0 Å². The van der Waals surface area contributed by atoms with Crippen molar-refractivity contribution in [1.29, 1.82) is 0 Å². The highest BCUT2D eigenvalue weighted by Gasteiger charge is 2.41. The minimum atomic E-state index is 0.263. The maximum atomic E-state index is 6.02. The van der Waals surface area contributed by atoms with Gasteiger partial charge in [-0.05, 0) is 37.3 Å². The van der Waals surface area contributed by atoms with Crippen LogP contribution >= 0.6 is 0 Å². The fraction of sp³-hybridized carbons (Fsp3) is 0.737. The van der Waals surface area contributed by atoms with Crippen molar-refractivity contribution < 1.29 is 9.47 Å². The van der Waals surface area contributed by atoms with Crippen LogP contribution in [-0.2, 0) is 9.47 Å². The van der Waals surface area contributed by atoms with Gasteiger partial charge in [-0.15, -0.1) is 0 Å². The molecule has 3 fully saturated rings. The molecule has 0 amide bonds. The fourth-order valence-electron chi connectivity index (χ4n) is 4.45. The van der Waals surface area contributed by atoms with Gasteiger partial charge in [-0.3, -0.25) is 0 Å². The average Bonchev–Trinajstić information content (AvgIpc) is 2.94. The maximum Gasteiger partial charge on any atom is 0.128 e. The second-order valence-electron chi connectivity index (χ2n) is 7.70. The van der Waals surface area contributed by atoms with E-state index < -0.39 is 0 Å². The van der Waals surface area contributed by atoms with Crippen molar-refractivity contribution in [3.63, 3.8) is 0 Å². The lowest BCUT2D eigenvalue weighted by atomic mass is 9.87. The zero-order valence-corrected chi connectivity index (χ0v) is 14.5. The minimum absolute atomic E-state index is 0.263. The van der Waals surface area contributed by atoms with E-state index in [4.69, 9.17) is 9.47 Å². The number of rotatable bonds is 3. The Balaban J connectivity index is 1.40. The predicted octanol–water partition coefficient (Wildman–Crippen LogP) is 2.04. The van der Waals surface area contributed by atoms with Crippen LogP contribution in [0.25, 0.3) is 0 Å². The van der Waals surface area contributed by atoms with Gasteiger partial charge in [0.15, 0.2) is 0 Å². The van der Waals surface area contributed by atoms with E-state index in [1.807, 2.05) is 12.3 Å². The topological polar surface area (TPSA) is 37.8 Å². The number of ether oxygens (including phenoxy) is 2. The summed E-state index contributed by atoms with van der Waals surface area (Å²) in [7, 11) is 0. The van der Waals surface area contributed by atoms with E-state index in [-0.39, 0.29) is 5.41 Å². The molecule has 132 valence electrons. The summed E-state index contributed by atoms with van der Waals surface area (Å²) in [5.74, 6) is 1.90. The molecule has 0 unspecified atom stereocenters. The van der Waals surface area contributed by atoms with Gasteiger partial charge >= 0.3 is 0 Å². The average molecular weight is 331 g/mol. The third-order valence-electron chi connectivity index (χ3n) is 5.79. The molecule has 3 saturated heterocycles. The van der Waals surface area contributed by atoms with E-state index >= 15 is 0 Å². The van der Waals surface area contributed by atoms with Crippen molar-refractivity contribution in [2.75, 3.05) is 64.1 Å². The van der Waals surface area contributed by atoms with E-state index in [1.54, 1.807) is 0 Å². The second kappa shape index (κ2) is 7.38. The van der Waals surface area contributed by atoms with Gasteiger partial charge in [0.05, 0.1) is 13.2 Å². The van der Waals surface area contributed by atoms with Gasteiger partial charge in [-0.25, -0.2) is 4.98 Å². The van der Waals surface area contributed by atoms with Crippen LogP contribution in [0.15, 0.2) is 24.4 Å². The Kier molecular flexibility index (Phi) is 5.01. The molecule has 3 aliphatic rings. The molecule has 3 aliphatic heterocycles. The molecule has 0 N–H and O–H groups in total. The minimum Gasteiger partial charge on any atom is -0.381 e. The number of nitrogens with zero attached hydrogens (tertiary/aromatic N) is 3. The Labute approximate surface area is 144 Å². The van der Waals surface area contributed by atoms with Crippen LogP contribution in [0.3, 0.4) is 0 Å². The van der Waals surface area contributed by atoms with E-state index in [9.17, 15) is 0 Å². The first-order chi connectivity index (χ1) is 11.8. The molecule has 0 aromatic carbocycles. The number of hydrogen-bond acceptors (Lipinski definition) is 5. The molecule has 5 nitrogen and oxygen atoms in total. The van der Waals surface area contributed by atoms with Gasteiger partial charge in [-0.1, -0.05) is 6.07 Å².